The van der Waals surface area contributed by atoms with E-state index in [2.05, 4.69) is 0 Å². The molecule has 0 aliphatic rings. The fraction of sp³-hybridized carbons (Fsp3) is 0. The van der Waals surface area contributed by atoms with Gasteiger partial charge in [0.1, 0.15) is 17.3 Å². The third-order valence-corrected chi connectivity index (χ3v) is 2.73. The van der Waals surface area contributed by atoms with E-state index >= 15 is 0 Å². The van der Waals surface area contributed by atoms with Crippen LogP contribution in [0.5, 0.6) is 11.5 Å². The van der Waals surface area contributed by atoms with Gasteiger partial charge < -0.3 is 9.84 Å². The van der Waals surface area contributed by atoms with Gasteiger partial charge >= 0.3 is 5.97 Å². The maximum absolute atomic E-state index is 13.0. The zero-order valence-electron chi connectivity index (χ0n) is 10.2. The number of carboxylic acids is 1. The van der Waals surface area contributed by atoms with Crippen LogP contribution in [0.2, 0.25) is 5.02 Å². The first-order chi connectivity index (χ1) is 9.56. The molecule has 0 saturated heterocycles. The Hall–Kier alpha value is -2.33. The van der Waals surface area contributed by atoms with Crippen LogP contribution in [0, 0.1) is 5.82 Å². The van der Waals surface area contributed by atoms with Gasteiger partial charge in [-0.25, -0.2) is 9.18 Å². The summed E-state index contributed by atoms with van der Waals surface area (Å²) in [6, 6.07) is 10.7. The van der Waals surface area contributed by atoms with Crippen molar-refractivity contribution in [2.75, 3.05) is 0 Å². The quantitative estimate of drug-likeness (QED) is 0.851. The number of carbonyl (C=O) groups is 1. The van der Waals surface area contributed by atoms with Crippen LogP contribution in [0.15, 0.2) is 48.5 Å². The summed E-state index contributed by atoms with van der Waals surface area (Å²) in [4.78, 5) is 10.5. The van der Waals surface area contributed by atoms with Crippen LogP contribution in [-0.4, -0.2) is 11.1 Å². The van der Waals surface area contributed by atoms with Crippen molar-refractivity contribution in [1.82, 2.24) is 0 Å². The van der Waals surface area contributed by atoms with Gasteiger partial charge in [-0.15, -0.1) is 0 Å². The standard InChI is InChI=1S/C15H10ClFO3/c16-12-9-11(17)6-7-14(12)20-13-4-2-1-3-10(13)5-8-15(18)19/h1-9H,(H,18,19)/b8-5-. The highest BCUT2D eigenvalue weighted by Crippen LogP contribution is 2.32. The largest absolute Gasteiger partial charge is 0.478 e. The maximum Gasteiger partial charge on any atom is 0.328 e. The molecule has 0 heterocycles. The number of rotatable bonds is 4. The highest BCUT2D eigenvalue weighted by atomic mass is 35.5. The molecular formula is C15H10ClFO3. The second-order valence-corrected chi connectivity index (χ2v) is 4.29. The van der Waals surface area contributed by atoms with E-state index in [9.17, 15) is 9.18 Å². The zero-order valence-corrected chi connectivity index (χ0v) is 11.0. The summed E-state index contributed by atoms with van der Waals surface area (Å²) in [5.74, 6) is -0.788. The van der Waals surface area contributed by atoms with Crippen molar-refractivity contribution >= 4 is 23.6 Å². The normalized spacial score (nSPS) is 10.7. The van der Waals surface area contributed by atoms with Crippen molar-refractivity contribution in [3.8, 4) is 11.5 Å². The number of hydrogen-bond acceptors (Lipinski definition) is 2. The molecule has 5 heteroatoms. The van der Waals surface area contributed by atoms with Gasteiger partial charge in [-0.05, 0) is 30.3 Å². The molecule has 0 amide bonds. The first-order valence-corrected chi connectivity index (χ1v) is 6.07. The second kappa shape index (κ2) is 6.21. The molecular weight excluding hydrogens is 283 g/mol. The van der Waals surface area contributed by atoms with Crippen LogP contribution in [0.3, 0.4) is 0 Å². The lowest BCUT2D eigenvalue weighted by Gasteiger charge is -2.10. The highest BCUT2D eigenvalue weighted by Gasteiger charge is 2.07. The minimum absolute atomic E-state index is 0.141. The third-order valence-electron chi connectivity index (χ3n) is 2.44. The van der Waals surface area contributed by atoms with E-state index in [1.165, 1.54) is 18.2 Å². The molecule has 0 aliphatic carbocycles. The van der Waals surface area contributed by atoms with E-state index in [1.807, 2.05) is 0 Å². The van der Waals surface area contributed by atoms with Gasteiger partial charge in [0.15, 0.2) is 0 Å². The Balaban J connectivity index is 2.31. The van der Waals surface area contributed by atoms with E-state index < -0.39 is 11.8 Å². The minimum atomic E-state index is -1.06. The van der Waals surface area contributed by atoms with Crippen molar-refractivity contribution in [1.29, 1.82) is 0 Å². The van der Waals surface area contributed by atoms with Gasteiger partial charge in [-0.2, -0.15) is 0 Å². The monoisotopic (exact) mass is 292 g/mol. The number of hydrogen-bond donors (Lipinski definition) is 1. The van der Waals surface area contributed by atoms with Crippen molar-refractivity contribution in [3.63, 3.8) is 0 Å². The molecule has 0 aliphatic heterocycles. The van der Waals surface area contributed by atoms with Crippen LogP contribution < -0.4 is 4.74 Å². The molecule has 20 heavy (non-hydrogen) atoms. The molecule has 0 bridgehead atoms. The predicted octanol–water partition coefficient (Wildman–Crippen LogP) is 4.37. The summed E-state index contributed by atoms with van der Waals surface area (Å²) in [6.45, 7) is 0. The van der Waals surface area contributed by atoms with E-state index in [0.717, 1.165) is 12.1 Å². The van der Waals surface area contributed by atoms with Gasteiger partial charge in [-0.1, -0.05) is 29.8 Å². The van der Waals surface area contributed by atoms with E-state index in [1.54, 1.807) is 24.3 Å². The molecule has 2 rings (SSSR count). The van der Waals surface area contributed by atoms with E-state index in [4.69, 9.17) is 21.4 Å². The average molecular weight is 293 g/mol. The summed E-state index contributed by atoms with van der Waals surface area (Å²) in [5, 5.41) is 8.78. The molecule has 0 spiro atoms. The average Bonchev–Trinajstić information content (AvgIpc) is 2.41. The fourth-order valence-electron chi connectivity index (χ4n) is 1.55. The number of benzene rings is 2. The molecule has 0 saturated carbocycles. The van der Waals surface area contributed by atoms with Crippen molar-refractivity contribution in [2.45, 2.75) is 0 Å². The molecule has 0 atom stereocenters. The molecule has 0 aromatic heterocycles. The number of carboxylic acid groups (broad SMARTS) is 1. The Morgan fingerprint density at radius 3 is 2.65 bits per heavy atom. The molecule has 102 valence electrons. The van der Waals surface area contributed by atoms with Crippen LogP contribution in [0.25, 0.3) is 6.08 Å². The van der Waals surface area contributed by atoms with Gasteiger partial charge in [-0.3, -0.25) is 0 Å². The molecule has 0 fully saturated rings. The van der Waals surface area contributed by atoms with Crippen molar-refractivity contribution < 1.29 is 19.0 Å². The maximum atomic E-state index is 13.0. The molecule has 0 unspecified atom stereocenters. The smallest absolute Gasteiger partial charge is 0.328 e. The zero-order chi connectivity index (χ0) is 14.5. The lowest BCUT2D eigenvalue weighted by Crippen LogP contribution is -1.90. The summed E-state index contributed by atoms with van der Waals surface area (Å²) in [5.41, 5.74) is 0.579. The number of para-hydroxylation sites is 1. The Morgan fingerprint density at radius 2 is 1.95 bits per heavy atom. The second-order valence-electron chi connectivity index (χ2n) is 3.89. The Kier molecular flexibility index (Phi) is 4.38. The lowest BCUT2D eigenvalue weighted by molar-refractivity contribution is -0.131. The Morgan fingerprint density at radius 1 is 1.20 bits per heavy atom. The van der Waals surface area contributed by atoms with E-state index in [0.29, 0.717) is 17.1 Å². The molecule has 3 nitrogen and oxygen atoms in total. The number of ether oxygens (including phenoxy) is 1. The van der Waals surface area contributed by atoms with Crippen molar-refractivity contribution in [3.05, 3.63) is 64.9 Å². The third kappa shape index (κ3) is 3.59. The Labute approximate surface area is 119 Å². The van der Waals surface area contributed by atoms with Crippen LogP contribution in [-0.2, 0) is 4.79 Å². The topological polar surface area (TPSA) is 46.5 Å². The fourth-order valence-corrected chi connectivity index (χ4v) is 1.75. The van der Waals surface area contributed by atoms with Crippen molar-refractivity contribution in [2.24, 2.45) is 0 Å². The molecule has 2 aromatic carbocycles. The van der Waals surface area contributed by atoms with E-state index in [-0.39, 0.29) is 5.02 Å². The number of aliphatic carboxylic acids is 1. The van der Waals surface area contributed by atoms with Crippen LogP contribution >= 0.6 is 11.6 Å². The van der Waals surface area contributed by atoms with Gasteiger partial charge in [0.05, 0.1) is 5.02 Å². The predicted molar refractivity (Wildman–Crippen MR) is 74.6 cm³/mol. The summed E-state index contributed by atoms with van der Waals surface area (Å²) < 4.78 is 18.5. The highest BCUT2D eigenvalue weighted by molar-refractivity contribution is 6.32. The molecule has 0 radical (unpaired) electrons. The number of halogens is 2. The van der Waals surface area contributed by atoms with Crippen LogP contribution in [0.1, 0.15) is 5.56 Å². The first kappa shape index (κ1) is 14.1. The first-order valence-electron chi connectivity index (χ1n) is 5.69. The van der Waals surface area contributed by atoms with Gasteiger partial charge in [0.2, 0.25) is 0 Å². The minimum Gasteiger partial charge on any atom is -0.478 e. The molecule has 1 N–H and O–H groups in total. The summed E-state index contributed by atoms with van der Waals surface area (Å²) in [6.07, 6.45) is 2.42. The molecule has 2 aromatic rings. The van der Waals surface area contributed by atoms with Gasteiger partial charge in [0, 0.05) is 11.6 Å². The summed E-state index contributed by atoms with van der Waals surface area (Å²) >= 11 is 5.88. The SMILES string of the molecule is O=C(O)/C=C\c1ccccc1Oc1ccc(F)cc1Cl. The van der Waals surface area contributed by atoms with Gasteiger partial charge in [0.25, 0.3) is 0 Å². The van der Waals surface area contributed by atoms with Crippen LogP contribution in [0.4, 0.5) is 4.39 Å². The Bertz CT molecular complexity index is 668. The lowest BCUT2D eigenvalue weighted by atomic mass is 10.2. The summed E-state index contributed by atoms with van der Waals surface area (Å²) in [7, 11) is 0.